The number of nitrogens with one attached hydrogen (secondary N) is 2. The third kappa shape index (κ3) is 3.69. The van der Waals surface area contributed by atoms with E-state index in [1.54, 1.807) is 0 Å². The van der Waals surface area contributed by atoms with Crippen molar-refractivity contribution in [2.45, 2.75) is 25.8 Å². The van der Waals surface area contributed by atoms with E-state index in [2.05, 4.69) is 26.2 Å². The Morgan fingerprint density at radius 2 is 2.22 bits per heavy atom. The van der Waals surface area contributed by atoms with Crippen LogP contribution in [-0.2, 0) is 4.79 Å². The normalized spacial score (nSPS) is 11.9. The van der Waals surface area contributed by atoms with Crippen LogP contribution in [0.2, 0.25) is 0 Å². The van der Waals surface area contributed by atoms with E-state index in [1.807, 2.05) is 6.92 Å². The molecule has 98 valence electrons. The Kier molecular flexibility index (Phi) is 5.08. The number of aromatic nitrogens is 1. The number of rotatable bonds is 5. The quantitative estimate of drug-likeness (QED) is 0.758. The maximum absolute atomic E-state index is 11.8. The van der Waals surface area contributed by atoms with E-state index in [0.717, 1.165) is 0 Å². The zero-order valence-corrected chi connectivity index (χ0v) is 11.3. The summed E-state index contributed by atoms with van der Waals surface area (Å²) in [6.07, 6.45) is 2.24. The number of halogens is 1. The highest BCUT2D eigenvalue weighted by Crippen LogP contribution is 2.06. The Balaban J connectivity index is 2.83. The first-order valence-electron chi connectivity index (χ1n) is 5.37. The molecule has 1 aromatic heterocycles. The van der Waals surface area contributed by atoms with Crippen LogP contribution >= 0.6 is 15.9 Å². The molecule has 18 heavy (non-hydrogen) atoms. The van der Waals surface area contributed by atoms with Crippen molar-refractivity contribution in [3.05, 3.63) is 32.7 Å². The fourth-order valence-corrected chi connectivity index (χ4v) is 1.74. The second-order valence-corrected chi connectivity index (χ2v) is 4.57. The van der Waals surface area contributed by atoms with Crippen molar-refractivity contribution in [3.63, 3.8) is 0 Å². The monoisotopic (exact) mass is 316 g/mol. The van der Waals surface area contributed by atoms with Crippen LogP contribution < -0.4 is 10.9 Å². The van der Waals surface area contributed by atoms with Crippen LogP contribution in [0.4, 0.5) is 0 Å². The van der Waals surface area contributed by atoms with Crippen molar-refractivity contribution >= 4 is 27.8 Å². The predicted molar refractivity (Wildman–Crippen MR) is 68.6 cm³/mol. The van der Waals surface area contributed by atoms with Gasteiger partial charge >= 0.3 is 5.97 Å². The number of aliphatic carboxylic acids is 1. The molecule has 6 nitrogen and oxygen atoms in total. The highest BCUT2D eigenvalue weighted by Gasteiger charge is 2.19. The van der Waals surface area contributed by atoms with Gasteiger partial charge in [0.1, 0.15) is 6.04 Å². The molecule has 1 rings (SSSR count). The average molecular weight is 317 g/mol. The number of amides is 1. The van der Waals surface area contributed by atoms with Crippen molar-refractivity contribution in [1.82, 2.24) is 10.3 Å². The summed E-state index contributed by atoms with van der Waals surface area (Å²) in [5, 5.41) is 11.3. The molecule has 0 radical (unpaired) electrons. The molecule has 0 bridgehead atoms. The number of hydrogen-bond donors (Lipinski definition) is 3. The van der Waals surface area contributed by atoms with Gasteiger partial charge in [0, 0.05) is 6.20 Å². The molecule has 0 saturated heterocycles. The molecule has 1 unspecified atom stereocenters. The summed E-state index contributed by atoms with van der Waals surface area (Å²) < 4.78 is 0.220. The Labute approximate surface area is 112 Å². The maximum atomic E-state index is 11.8. The number of carboxylic acids is 1. The lowest BCUT2D eigenvalue weighted by molar-refractivity contribution is -0.139. The molecule has 1 heterocycles. The van der Waals surface area contributed by atoms with Crippen molar-refractivity contribution in [2.24, 2.45) is 0 Å². The number of hydrogen-bond acceptors (Lipinski definition) is 3. The molecule has 1 atom stereocenters. The molecule has 0 saturated carbocycles. The SMILES string of the molecule is CCCC(NC(=O)c1c[nH]c(=O)c(Br)c1)C(=O)O. The van der Waals surface area contributed by atoms with Gasteiger partial charge in [-0.15, -0.1) is 0 Å². The summed E-state index contributed by atoms with van der Waals surface area (Å²) in [4.78, 5) is 36.1. The van der Waals surface area contributed by atoms with Gasteiger partial charge in [0.05, 0.1) is 10.0 Å². The smallest absolute Gasteiger partial charge is 0.326 e. The standard InChI is InChI=1S/C11H13BrN2O4/c1-2-3-8(11(17)18)14-9(15)6-4-7(12)10(16)13-5-6/h4-5,8H,2-3H2,1H3,(H,13,16)(H,14,15)(H,17,18). The lowest BCUT2D eigenvalue weighted by Gasteiger charge is -2.13. The number of carbonyl (C=O) groups is 2. The second kappa shape index (κ2) is 6.34. The molecular formula is C11H13BrN2O4. The number of pyridine rings is 1. The minimum atomic E-state index is -1.08. The summed E-state index contributed by atoms with van der Waals surface area (Å²) in [5.41, 5.74) is -0.154. The Morgan fingerprint density at radius 3 is 2.72 bits per heavy atom. The van der Waals surface area contributed by atoms with Gasteiger partial charge < -0.3 is 15.4 Å². The highest BCUT2D eigenvalue weighted by atomic mass is 79.9. The summed E-state index contributed by atoms with van der Waals surface area (Å²) in [5.74, 6) is -1.61. The summed E-state index contributed by atoms with van der Waals surface area (Å²) in [7, 11) is 0. The van der Waals surface area contributed by atoms with Gasteiger partial charge in [-0.3, -0.25) is 9.59 Å². The first-order valence-corrected chi connectivity index (χ1v) is 6.17. The molecule has 0 aliphatic rings. The number of H-pyrrole nitrogens is 1. The van der Waals surface area contributed by atoms with Gasteiger partial charge in [-0.2, -0.15) is 0 Å². The summed E-state index contributed by atoms with van der Waals surface area (Å²) in [6.45, 7) is 1.83. The highest BCUT2D eigenvalue weighted by molar-refractivity contribution is 9.10. The van der Waals surface area contributed by atoms with E-state index in [4.69, 9.17) is 5.11 Å². The number of carboxylic acid groups (broad SMARTS) is 1. The molecule has 0 aliphatic heterocycles. The zero-order valence-electron chi connectivity index (χ0n) is 9.70. The summed E-state index contributed by atoms with van der Waals surface area (Å²) >= 11 is 3.00. The Bertz CT molecular complexity index is 512. The first kappa shape index (κ1) is 14.4. The second-order valence-electron chi connectivity index (χ2n) is 3.72. The minimum absolute atomic E-state index is 0.198. The fourth-order valence-electron chi connectivity index (χ4n) is 1.37. The summed E-state index contributed by atoms with van der Waals surface area (Å²) in [6, 6.07) is 0.423. The number of aromatic amines is 1. The molecule has 0 spiro atoms. The first-order chi connectivity index (χ1) is 8.45. The maximum Gasteiger partial charge on any atom is 0.326 e. The van der Waals surface area contributed by atoms with Crippen LogP contribution in [0.1, 0.15) is 30.1 Å². The van der Waals surface area contributed by atoms with Gasteiger partial charge in [-0.05, 0) is 28.4 Å². The molecular weight excluding hydrogens is 304 g/mol. The molecule has 7 heteroatoms. The Hall–Kier alpha value is -1.63. The van der Waals surface area contributed by atoms with Gasteiger partial charge in [-0.1, -0.05) is 13.3 Å². The number of carbonyl (C=O) groups excluding carboxylic acids is 1. The third-order valence-electron chi connectivity index (χ3n) is 2.30. The van der Waals surface area contributed by atoms with Crippen molar-refractivity contribution in [1.29, 1.82) is 0 Å². The lowest BCUT2D eigenvalue weighted by Crippen LogP contribution is -2.40. The molecule has 0 aromatic carbocycles. The lowest BCUT2D eigenvalue weighted by atomic mass is 10.1. The fraction of sp³-hybridized carbons (Fsp3) is 0.364. The van der Waals surface area contributed by atoms with Crippen LogP contribution in [0.25, 0.3) is 0 Å². The third-order valence-corrected chi connectivity index (χ3v) is 2.89. The van der Waals surface area contributed by atoms with Gasteiger partial charge in [0.15, 0.2) is 0 Å². The molecule has 0 aliphatic carbocycles. The van der Waals surface area contributed by atoms with Gasteiger partial charge in [0.2, 0.25) is 0 Å². The zero-order chi connectivity index (χ0) is 13.7. The van der Waals surface area contributed by atoms with E-state index in [9.17, 15) is 14.4 Å². The van der Waals surface area contributed by atoms with E-state index in [0.29, 0.717) is 12.8 Å². The van der Waals surface area contributed by atoms with Crippen LogP contribution in [0.3, 0.4) is 0 Å². The minimum Gasteiger partial charge on any atom is -0.480 e. The topological polar surface area (TPSA) is 99.3 Å². The van der Waals surface area contributed by atoms with Crippen LogP contribution in [0.5, 0.6) is 0 Å². The van der Waals surface area contributed by atoms with Gasteiger partial charge in [0.25, 0.3) is 11.5 Å². The van der Waals surface area contributed by atoms with Crippen LogP contribution in [0.15, 0.2) is 21.5 Å². The largest absolute Gasteiger partial charge is 0.480 e. The molecule has 1 amide bonds. The average Bonchev–Trinajstić information content (AvgIpc) is 2.31. The van der Waals surface area contributed by atoms with Crippen LogP contribution in [-0.4, -0.2) is 28.0 Å². The van der Waals surface area contributed by atoms with E-state index < -0.39 is 17.9 Å². The predicted octanol–water partition coefficient (Wildman–Crippen LogP) is 1.12. The molecule has 0 fully saturated rings. The van der Waals surface area contributed by atoms with E-state index in [-0.39, 0.29) is 15.6 Å². The van der Waals surface area contributed by atoms with Crippen molar-refractivity contribution in [2.75, 3.05) is 0 Å². The van der Waals surface area contributed by atoms with E-state index in [1.165, 1.54) is 12.3 Å². The van der Waals surface area contributed by atoms with Crippen molar-refractivity contribution in [3.8, 4) is 0 Å². The van der Waals surface area contributed by atoms with Gasteiger partial charge in [-0.25, -0.2) is 4.79 Å². The van der Waals surface area contributed by atoms with Crippen molar-refractivity contribution < 1.29 is 14.7 Å². The molecule has 3 N–H and O–H groups in total. The van der Waals surface area contributed by atoms with Crippen LogP contribution in [0, 0.1) is 0 Å². The Morgan fingerprint density at radius 1 is 1.56 bits per heavy atom. The van der Waals surface area contributed by atoms with E-state index >= 15 is 0 Å². The molecule has 1 aromatic rings.